The van der Waals surface area contributed by atoms with Gasteiger partial charge >= 0.3 is 0 Å². The number of nitrogens with one attached hydrogen (secondary N) is 1. The second-order valence-corrected chi connectivity index (χ2v) is 7.36. The first-order chi connectivity index (χ1) is 13.6. The molecule has 0 fully saturated rings. The van der Waals surface area contributed by atoms with Crippen LogP contribution in [-0.2, 0) is 17.9 Å². The van der Waals surface area contributed by atoms with E-state index in [4.69, 9.17) is 37.4 Å². The van der Waals surface area contributed by atoms with Crippen LogP contribution in [0.2, 0.25) is 10.0 Å². The van der Waals surface area contributed by atoms with Crippen LogP contribution in [0.5, 0.6) is 11.5 Å². The van der Waals surface area contributed by atoms with Gasteiger partial charge in [-0.2, -0.15) is 0 Å². The van der Waals surface area contributed by atoms with Gasteiger partial charge < -0.3 is 19.5 Å². The van der Waals surface area contributed by atoms with Gasteiger partial charge in [-0.25, -0.2) is 0 Å². The molecule has 2 aromatic carbocycles. The van der Waals surface area contributed by atoms with Crippen LogP contribution in [0, 0.1) is 0 Å². The lowest BCUT2D eigenvalue weighted by Gasteiger charge is -2.15. The standard InChI is InChI=1S/C22H29Cl2NO3.ClH/c1-3-4-11-27-12-5-10-25-15-18-13-20(24)22(21(14-18)26-2)28-16-17-6-8-19(23)9-7-17;/h6-9,13-14,25H,3-5,10-12,15-16H2,1-2H3;1H. The van der Waals surface area contributed by atoms with E-state index in [1.165, 1.54) is 6.42 Å². The van der Waals surface area contributed by atoms with Gasteiger partial charge in [-0.05, 0) is 54.8 Å². The number of benzene rings is 2. The lowest BCUT2D eigenvalue weighted by molar-refractivity contribution is 0.129. The molecule has 2 aromatic rings. The van der Waals surface area contributed by atoms with E-state index in [-0.39, 0.29) is 12.4 Å². The largest absolute Gasteiger partial charge is 0.493 e. The third-order valence-electron chi connectivity index (χ3n) is 4.20. The minimum atomic E-state index is 0. The van der Waals surface area contributed by atoms with E-state index in [1.54, 1.807) is 7.11 Å². The summed E-state index contributed by atoms with van der Waals surface area (Å²) in [7, 11) is 1.62. The summed E-state index contributed by atoms with van der Waals surface area (Å²) in [6.07, 6.45) is 3.27. The van der Waals surface area contributed by atoms with Crippen LogP contribution < -0.4 is 14.8 Å². The van der Waals surface area contributed by atoms with Gasteiger partial charge in [0, 0.05) is 24.8 Å². The molecule has 162 valence electrons. The number of methoxy groups -OCH3 is 1. The number of hydrogen-bond acceptors (Lipinski definition) is 4. The minimum absolute atomic E-state index is 0. The molecule has 0 aromatic heterocycles. The highest BCUT2D eigenvalue weighted by Crippen LogP contribution is 2.37. The van der Waals surface area contributed by atoms with Crippen molar-refractivity contribution < 1.29 is 14.2 Å². The van der Waals surface area contributed by atoms with Crippen molar-refractivity contribution in [1.82, 2.24) is 5.32 Å². The van der Waals surface area contributed by atoms with Crippen molar-refractivity contribution in [2.75, 3.05) is 26.9 Å². The van der Waals surface area contributed by atoms with Gasteiger partial charge in [0.25, 0.3) is 0 Å². The molecule has 1 N–H and O–H groups in total. The van der Waals surface area contributed by atoms with E-state index in [2.05, 4.69) is 12.2 Å². The molecule has 0 aliphatic rings. The lowest BCUT2D eigenvalue weighted by Crippen LogP contribution is -2.16. The summed E-state index contributed by atoms with van der Waals surface area (Å²) in [5.74, 6) is 1.17. The van der Waals surface area contributed by atoms with Crippen LogP contribution in [0.1, 0.15) is 37.3 Å². The van der Waals surface area contributed by atoms with E-state index in [0.717, 1.165) is 43.7 Å². The van der Waals surface area contributed by atoms with Crippen LogP contribution in [0.25, 0.3) is 0 Å². The Morgan fingerprint density at radius 2 is 1.69 bits per heavy atom. The molecule has 4 nitrogen and oxygen atoms in total. The average Bonchev–Trinajstić information content (AvgIpc) is 2.70. The maximum Gasteiger partial charge on any atom is 0.180 e. The van der Waals surface area contributed by atoms with Gasteiger partial charge in [0.2, 0.25) is 0 Å². The van der Waals surface area contributed by atoms with Crippen LogP contribution in [-0.4, -0.2) is 26.9 Å². The predicted octanol–water partition coefficient (Wildman–Crippen LogP) is 6.30. The SMILES string of the molecule is CCCCOCCCNCc1cc(Cl)c(OCc2ccc(Cl)cc2)c(OC)c1.Cl. The molecular formula is C22H30Cl3NO3. The molecule has 2 rings (SSSR count). The Kier molecular flexibility index (Phi) is 13.2. The summed E-state index contributed by atoms with van der Waals surface area (Å²) in [4.78, 5) is 0. The second-order valence-electron chi connectivity index (χ2n) is 6.52. The fourth-order valence-corrected chi connectivity index (χ4v) is 3.05. The Bertz CT molecular complexity index is 711. The molecule has 29 heavy (non-hydrogen) atoms. The molecule has 0 aliphatic carbocycles. The number of rotatable bonds is 13. The van der Waals surface area contributed by atoms with Gasteiger partial charge in [0.1, 0.15) is 6.61 Å². The van der Waals surface area contributed by atoms with Crippen molar-refractivity contribution in [3.63, 3.8) is 0 Å². The zero-order chi connectivity index (χ0) is 20.2. The van der Waals surface area contributed by atoms with Crippen molar-refractivity contribution in [2.24, 2.45) is 0 Å². The monoisotopic (exact) mass is 461 g/mol. The fourth-order valence-electron chi connectivity index (χ4n) is 2.63. The molecule has 0 bridgehead atoms. The van der Waals surface area contributed by atoms with Crippen molar-refractivity contribution in [1.29, 1.82) is 0 Å². The summed E-state index contributed by atoms with van der Waals surface area (Å²) in [6.45, 7) is 5.79. The second kappa shape index (κ2) is 14.8. The van der Waals surface area contributed by atoms with Crippen molar-refractivity contribution in [2.45, 2.75) is 39.3 Å². The highest BCUT2D eigenvalue weighted by atomic mass is 35.5. The Morgan fingerprint density at radius 3 is 2.38 bits per heavy atom. The number of ether oxygens (including phenoxy) is 3. The minimum Gasteiger partial charge on any atom is -0.493 e. The molecule has 0 amide bonds. The summed E-state index contributed by atoms with van der Waals surface area (Å²) >= 11 is 12.4. The third kappa shape index (κ3) is 9.45. The van der Waals surface area contributed by atoms with Crippen LogP contribution >= 0.6 is 35.6 Å². The first-order valence-electron chi connectivity index (χ1n) is 9.66. The van der Waals surface area contributed by atoms with E-state index < -0.39 is 0 Å². The van der Waals surface area contributed by atoms with Crippen molar-refractivity contribution in [3.05, 3.63) is 57.6 Å². The van der Waals surface area contributed by atoms with Crippen LogP contribution in [0.4, 0.5) is 0 Å². The number of hydrogen-bond donors (Lipinski definition) is 1. The molecule has 0 saturated heterocycles. The molecule has 0 saturated carbocycles. The summed E-state index contributed by atoms with van der Waals surface area (Å²) < 4.78 is 16.9. The van der Waals surface area contributed by atoms with Crippen molar-refractivity contribution >= 4 is 35.6 Å². The quantitative estimate of drug-likeness (QED) is 0.355. The third-order valence-corrected chi connectivity index (χ3v) is 4.73. The molecule has 7 heteroatoms. The molecule has 0 radical (unpaired) electrons. The highest BCUT2D eigenvalue weighted by Gasteiger charge is 2.12. The van der Waals surface area contributed by atoms with Gasteiger partial charge in [0.05, 0.1) is 12.1 Å². The molecule has 0 aliphatic heterocycles. The smallest absolute Gasteiger partial charge is 0.180 e. The lowest BCUT2D eigenvalue weighted by atomic mass is 10.2. The van der Waals surface area contributed by atoms with Gasteiger partial charge in [0.15, 0.2) is 11.5 Å². The zero-order valence-electron chi connectivity index (χ0n) is 17.0. The molecule has 0 unspecified atom stereocenters. The van der Waals surface area contributed by atoms with Crippen LogP contribution in [0.15, 0.2) is 36.4 Å². The van der Waals surface area contributed by atoms with Gasteiger partial charge in [-0.15, -0.1) is 12.4 Å². The van der Waals surface area contributed by atoms with Crippen molar-refractivity contribution in [3.8, 4) is 11.5 Å². The topological polar surface area (TPSA) is 39.7 Å². The summed E-state index contributed by atoms with van der Waals surface area (Å²) in [6, 6.07) is 11.4. The van der Waals surface area contributed by atoms with E-state index in [1.807, 2.05) is 36.4 Å². The Morgan fingerprint density at radius 1 is 0.966 bits per heavy atom. The maximum atomic E-state index is 6.44. The molecule has 0 spiro atoms. The van der Waals surface area contributed by atoms with E-state index in [9.17, 15) is 0 Å². The number of halogens is 3. The Hall–Kier alpha value is -1.17. The summed E-state index contributed by atoms with van der Waals surface area (Å²) in [5.41, 5.74) is 2.06. The molecule has 0 heterocycles. The van der Waals surface area contributed by atoms with E-state index >= 15 is 0 Å². The van der Waals surface area contributed by atoms with E-state index in [0.29, 0.717) is 34.7 Å². The average molecular weight is 463 g/mol. The molecule has 0 atom stereocenters. The first kappa shape index (κ1) is 25.9. The summed E-state index contributed by atoms with van der Waals surface area (Å²) in [5, 5.41) is 4.64. The van der Waals surface area contributed by atoms with Crippen LogP contribution in [0.3, 0.4) is 0 Å². The maximum absolute atomic E-state index is 6.44. The van der Waals surface area contributed by atoms with Gasteiger partial charge in [-0.1, -0.05) is 48.7 Å². The predicted molar refractivity (Wildman–Crippen MR) is 123 cm³/mol. The highest BCUT2D eigenvalue weighted by molar-refractivity contribution is 6.32. The Labute approximate surface area is 190 Å². The molecular weight excluding hydrogens is 433 g/mol. The number of unbranched alkanes of at least 4 members (excludes halogenated alkanes) is 1. The van der Waals surface area contributed by atoms with Gasteiger partial charge in [-0.3, -0.25) is 0 Å². The Balaban J connectivity index is 0.00000420. The zero-order valence-corrected chi connectivity index (χ0v) is 19.3. The fraction of sp³-hybridized carbons (Fsp3) is 0.455. The normalized spacial score (nSPS) is 10.5. The first-order valence-corrected chi connectivity index (χ1v) is 10.4.